The van der Waals surface area contributed by atoms with E-state index in [1.54, 1.807) is 11.3 Å². The van der Waals surface area contributed by atoms with Gasteiger partial charge >= 0.3 is 0 Å². The van der Waals surface area contributed by atoms with E-state index in [2.05, 4.69) is 21.7 Å². The first kappa shape index (κ1) is 12.9. The van der Waals surface area contributed by atoms with Crippen molar-refractivity contribution in [3.8, 4) is 0 Å². The van der Waals surface area contributed by atoms with Crippen molar-refractivity contribution in [2.75, 3.05) is 0 Å². The van der Waals surface area contributed by atoms with Crippen molar-refractivity contribution < 1.29 is 4.79 Å². The SMILES string of the molecule is CC(Cc1cccs1)NC(=O)c1cccc2[nH]ccc12. The van der Waals surface area contributed by atoms with E-state index in [1.165, 1.54) is 4.88 Å². The van der Waals surface area contributed by atoms with Gasteiger partial charge in [0.15, 0.2) is 0 Å². The molecule has 1 aromatic carbocycles. The average molecular weight is 284 g/mol. The molecule has 0 spiro atoms. The van der Waals surface area contributed by atoms with Gasteiger partial charge in [-0.05, 0) is 36.6 Å². The molecule has 2 heterocycles. The predicted octanol–water partition coefficient (Wildman–Crippen LogP) is 3.59. The van der Waals surface area contributed by atoms with Gasteiger partial charge in [-0.25, -0.2) is 0 Å². The third-order valence-corrected chi connectivity index (χ3v) is 4.20. The average Bonchev–Trinajstić information content (AvgIpc) is 3.08. The van der Waals surface area contributed by atoms with E-state index < -0.39 is 0 Å². The summed E-state index contributed by atoms with van der Waals surface area (Å²) in [6.07, 6.45) is 2.73. The number of aromatic amines is 1. The molecule has 2 aromatic heterocycles. The topological polar surface area (TPSA) is 44.9 Å². The van der Waals surface area contributed by atoms with Gasteiger partial charge in [0, 0.05) is 40.0 Å². The Hall–Kier alpha value is -2.07. The third-order valence-electron chi connectivity index (χ3n) is 3.30. The molecular weight excluding hydrogens is 268 g/mol. The molecule has 3 nitrogen and oxygen atoms in total. The Morgan fingerprint density at radius 2 is 2.20 bits per heavy atom. The van der Waals surface area contributed by atoms with Gasteiger partial charge in [0.2, 0.25) is 0 Å². The lowest BCUT2D eigenvalue weighted by atomic mass is 10.1. The number of carbonyl (C=O) groups excluding carboxylic acids is 1. The molecule has 0 radical (unpaired) electrons. The molecule has 0 aliphatic heterocycles. The summed E-state index contributed by atoms with van der Waals surface area (Å²) in [5, 5.41) is 6.10. The Labute approximate surface area is 121 Å². The highest BCUT2D eigenvalue weighted by Gasteiger charge is 2.13. The van der Waals surface area contributed by atoms with Gasteiger partial charge in [-0.3, -0.25) is 4.79 Å². The van der Waals surface area contributed by atoms with E-state index in [9.17, 15) is 4.79 Å². The molecule has 1 amide bonds. The van der Waals surface area contributed by atoms with Crippen LogP contribution in [-0.2, 0) is 6.42 Å². The number of hydrogen-bond donors (Lipinski definition) is 2. The van der Waals surface area contributed by atoms with Crippen LogP contribution in [0.5, 0.6) is 0 Å². The number of fused-ring (bicyclic) bond motifs is 1. The number of benzene rings is 1. The van der Waals surface area contributed by atoms with Crippen LogP contribution >= 0.6 is 11.3 Å². The molecule has 20 heavy (non-hydrogen) atoms. The first-order valence-corrected chi connectivity index (χ1v) is 7.51. The molecule has 0 bridgehead atoms. The normalized spacial score (nSPS) is 12.4. The van der Waals surface area contributed by atoms with Crippen molar-refractivity contribution in [3.05, 3.63) is 58.4 Å². The highest BCUT2D eigenvalue weighted by atomic mass is 32.1. The van der Waals surface area contributed by atoms with Crippen molar-refractivity contribution in [2.45, 2.75) is 19.4 Å². The molecule has 2 N–H and O–H groups in total. The van der Waals surface area contributed by atoms with Crippen LogP contribution in [0, 0.1) is 0 Å². The molecule has 0 saturated carbocycles. The Bertz CT molecular complexity index is 715. The lowest BCUT2D eigenvalue weighted by Crippen LogP contribution is -2.33. The molecule has 4 heteroatoms. The maximum atomic E-state index is 12.4. The van der Waals surface area contributed by atoms with Crippen LogP contribution in [0.25, 0.3) is 10.9 Å². The Morgan fingerprint density at radius 3 is 3.00 bits per heavy atom. The molecule has 0 aliphatic rings. The van der Waals surface area contributed by atoms with E-state index in [0.717, 1.165) is 22.9 Å². The number of rotatable bonds is 4. The van der Waals surface area contributed by atoms with E-state index in [1.807, 2.05) is 43.5 Å². The zero-order valence-corrected chi connectivity index (χ0v) is 12.0. The van der Waals surface area contributed by atoms with Crippen molar-refractivity contribution >= 4 is 28.1 Å². The van der Waals surface area contributed by atoms with Gasteiger partial charge in [0.05, 0.1) is 0 Å². The molecule has 3 aromatic rings. The largest absolute Gasteiger partial charge is 0.361 e. The maximum Gasteiger partial charge on any atom is 0.252 e. The minimum absolute atomic E-state index is 0.0146. The molecule has 102 valence electrons. The molecule has 0 aliphatic carbocycles. The number of amides is 1. The first-order valence-electron chi connectivity index (χ1n) is 6.63. The smallest absolute Gasteiger partial charge is 0.252 e. The Balaban J connectivity index is 1.74. The second kappa shape index (κ2) is 5.51. The number of thiophene rings is 1. The molecule has 0 saturated heterocycles. The Kier molecular flexibility index (Phi) is 3.56. The minimum atomic E-state index is -0.0146. The molecule has 0 fully saturated rings. The monoisotopic (exact) mass is 284 g/mol. The summed E-state index contributed by atoms with van der Waals surface area (Å²) >= 11 is 1.72. The van der Waals surface area contributed by atoms with Gasteiger partial charge in [0.25, 0.3) is 5.91 Å². The molecule has 1 atom stereocenters. The Morgan fingerprint density at radius 1 is 1.30 bits per heavy atom. The standard InChI is InChI=1S/C16H16N2OS/c1-11(10-12-4-3-9-20-12)18-16(19)14-5-2-6-15-13(14)7-8-17-15/h2-9,11,17H,10H2,1H3,(H,18,19). The second-order valence-corrected chi connectivity index (χ2v) is 5.93. The summed E-state index contributed by atoms with van der Waals surface area (Å²) in [4.78, 5) is 16.8. The summed E-state index contributed by atoms with van der Waals surface area (Å²) in [6, 6.07) is 11.9. The fourth-order valence-electron chi connectivity index (χ4n) is 2.37. The van der Waals surface area contributed by atoms with E-state index in [4.69, 9.17) is 0 Å². The molecule has 1 unspecified atom stereocenters. The van der Waals surface area contributed by atoms with Crippen LogP contribution in [0.15, 0.2) is 48.0 Å². The van der Waals surface area contributed by atoms with Crippen molar-refractivity contribution in [1.82, 2.24) is 10.3 Å². The second-order valence-electron chi connectivity index (χ2n) is 4.90. The number of hydrogen-bond acceptors (Lipinski definition) is 2. The van der Waals surface area contributed by atoms with Gasteiger partial charge in [-0.2, -0.15) is 0 Å². The summed E-state index contributed by atoms with van der Waals surface area (Å²) in [5.41, 5.74) is 1.71. The van der Waals surface area contributed by atoms with E-state index >= 15 is 0 Å². The maximum absolute atomic E-state index is 12.4. The van der Waals surface area contributed by atoms with Gasteiger partial charge in [-0.15, -0.1) is 11.3 Å². The number of carbonyl (C=O) groups is 1. The predicted molar refractivity (Wildman–Crippen MR) is 83.2 cm³/mol. The summed E-state index contributed by atoms with van der Waals surface area (Å²) in [7, 11) is 0. The fourth-order valence-corrected chi connectivity index (χ4v) is 3.20. The number of H-pyrrole nitrogens is 1. The number of nitrogens with one attached hydrogen (secondary N) is 2. The van der Waals surface area contributed by atoms with Crippen LogP contribution < -0.4 is 5.32 Å². The zero-order valence-electron chi connectivity index (χ0n) is 11.2. The number of aromatic nitrogens is 1. The fraction of sp³-hybridized carbons (Fsp3) is 0.188. The summed E-state index contributed by atoms with van der Waals surface area (Å²) in [5.74, 6) is -0.0146. The summed E-state index contributed by atoms with van der Waals surface area (Å²) in [6.45, 7) is 2.04. The third kappa shape index (κ3) is 2.60. The van der Waals surface area contributed by atoms with Gasteiger partial charge in [0.1, 0.15) is 0 Å². The van der Waals surface area contributed by atoms with Crippen molar-refractivity contribution in [3.63, 3.8) is 0 Å². The van der Waals surface area contributed by atoms with E-state index in [-0.39, 0.29) is 11.9 Å². The van der Waals surface area contributed by atoms with E-state index in [0.29, 0.717) is 0 Å². The van der Waals surface area contributed by atoms with Gasteiger partial charge < -0.3 is 10.3 Å². The van der Waals surface area contributed by atoms with Crippen molar-refractivity contribution in [1.29, 1.82) is 0 Å². The van der Waals surface area contributed by atoms with Crippen molar-refractivity contribution in [2.24, 2.45) is 0 Å². The van der Waals surface area contributed by atoms with Crippen LogP contribution in [-0.4, -0.2) is 16.9 Å². The minimum Gasteiger partial charge on any atom is -0.361 e. The molecular formula is C16H16N2OS. The van der Waals surface area contributed by atoms with Crippen LogP contribution in [0.1, 0.15) is 22.2 Å². The van der Waals surface area contributed by atoms with Gasteiger partial charge in [-0.1, -0.05) is 12.1 Å². The zero-order chi connectivity index (χ0) is 13.9. The lowest BCUT2D eigenvalue weighted by molar-refractivity contribution is 0.0942. The van der Waals surface area contributed by atoms with Crippen LogP contribution in [0.3, 0.4) is 0 Å². The van der Waals surface area contributed by atoms with Crippen LogP contribution in [0.2, 0.25) is 0 Å². The highest BCUT2D eigenvalue weighted by molar-refractivity contribution is 7.09. The highest BCUT2D eigenvalue weighted by Crippen LogP contribution is 2.18. The lowest BCUT2D eigenvalue weighted by Gasteiger charge is -2.13. The summed E-state index contributed by atoms with van der Waals surface area (Å²) < 4.78 is 0. The molecule has 3 rings (SSSR count). The quantitative estimate of drug-likeness (QED) is 0.755. The van der Waals surface area contributed by atoms with Crippen LogP contribution in [0.4, 0.5) is 0 Å². The first-order chi connectivity index (χ1) is 9.74.